The Balaban J connectivity index is 1.90. The molecule has 3 aliphatic heterocycles. The number of esters is 1. The number of nitrogens with one attached hydrogen (secondary N) is 1. The lowest BCUT2D eigenvalue weighted by atomic mass is 9.80. The van der Waals surface area contributed by atoms with E-state index in [0.717, 1.165) is 6.42 Å². The number of cyclic esters (lactones) is 2. The van der Waals surface area contributed by atoms with E-state index in [9.17, 15) is 14.7 Å². The van der Waals surface area contributed by atoms with Crippen molar-refractivity contribution in [2.75, 3.05) is 40.8 Å². The maximum absolute atomic E-state index is 13.2. The van der Waals surface area contributed by atoms with Crippen LogP contribution in [0.15, 0.2) is 16.4 Å². The highest BCUT2D eigenvalue weighted by molar-refractivity contribution is 5.89. The van der Waals surface area contributed by atoms with Crippen LogP contribution >= 0.6 is 0 Å². The van der Waals surface area contributed by atoms with Gasteiger partial charge in [-0.05, 0) is 98.8 Å². The van der Waals surface area contributed by atoms with Crippen LogP contribution in [0.5, 0.6) is 0 Å². The van der Waals surface area contributed by atoms with Gasteiger partial charge >= 0.3 is 12.1 Å². The number of rotatable bonds is 20. The number of nitrogens with zero attached hydrogens (tertiary/aromatic N) is 5. The number of aliphatic hydroxyl groups is 1. The molecule has 0 aromatic carbocycles. The Kier molecular flexibility index (Phi) is 16.1. The number of amides is 1. The van der Waals surface area contributed by atoms with Crippen LogP contribution in [0.1, 0.15) is 108 Å². The molecule has 0 spiro atoms. The summed E-state index contributed by atoms with van der Waals surface area (Å²) in [6.45, 7) is 22.5. The van der Waals surface area contributed by atoms with Gasteiger partial charge in [0.25, 0.3) is 0 Å². The van der Waals surface area contributed by atoms with E-state index in [1.165, 1.54) is 0 Å². The summed E-state index contributed by atoms with van der Waals surface area (Å²) in [5.74, 6) is -1.41. The second kappa shape index (κ2) is 19.0. The van der Waals surface area contributed by atoms with Crippen molar-refractivity contribution in [1.29, 1.82) is 0 Å². The molecule has 12 atom stereocenters. The van der Waals surface area contributed by atoms with Crippen molar-refractivity contribution in [3.8, 4) is 0 Å². The fourth-order valence-corrected chi connectivity index (χ4v) is 8.74. The van der Waals surface area contributed by atoms with E-state index in [4.69, 9.17) is 34.0 Å². The number of hydrogen-bond donors (Lipinski definition) is 2. The predicted molar refractivity (Wildman–Crippen MR) is 205 cm³/mol. The minimum Gasteiger partial charge on any atom is -0.456 e. The molecule has 3 unspecified atom stereocenters. The van der Waals surface area contributed by atoms with Gasteiger partial charge in [0.1, 0.15) is 5.76 Å². The van der Waals surface area contributed by atoms with Crippen LogP contribution in [0, 0.1) is 17.8 Å². The monoisotopic (exact) mass is 767 g/mol. The lowest BCUT2D eigenvalue weighted by Crippen LogP contribution is -2.60. The Morgan fingerprint density at radius 1 is 1.15 bits per heavy atom. The molecule has 3 heterocycles. The Morgan fingerprint density at radius 2 is 1.81 bits per heavy atom. The standard InChI is InChI=1S/C39H70N6O9/c1-15-30(46)39(11)32(45(36(48)54-39)19-17-16-18-42-43-40)28(7)41-22-23(2)21-38(10,49-14)33(26(5)31-27(6)34(47)53-37(8,9)52-31)51-35-25(4)29(44(12)13)20-24(3)50-35/h23-26,28-30,32-33,35,41,46H,15-22H2,1-14H3/t23-,24?,25?,26+,28-,29?,30-,32-,33-,35+,38-,39-/m1/s1. The topological polar surface area (TPSA) is 177 Å². The van der Waals surface area contributed by atoms with Crippen molar-refractivity contribution in [1.82, 2.24) is 15.1 Å². The van der Waals surface area contributed by atoms with Gasteiger partial charge in [-0.3, -0.25) is 4.90 Å². The molecule has 0 aliphatic carbocycles. The summed E-state index contributed by atoms with van der Waals surface area (Å²) in [7, 11) is 5.84. The molecule has 0 radical (unpaired) electrons. The van der Waals surface area contributed by atoms with E-state index < -0.39 is 59.5 Å². The highest BCUT2D eigenvalue weighted by atomic mass is 16.7. The third-order valence-electron chi connectivity index (χ3n) is 11.7. The normalized spacial score (nSPS) is 31.1. The van der Waals surface area contributed by atoms with Gasteiger partial charge in [0.05, 0.1) is 35.5 Å². The van der Waals surface area contributed by atoms with Crippen molar-refractivity contribution in [2.24, 2.45) is 22.9 Å². The van der Waals surface area contributed by atoms with E-state index in [0.29, 0.717) is 56.6 Å². The van der Waals surface area contributed by atoms with Gasteiger partial charge in [0, 0.05) is 62.9 Å². The average molecular weight is 767 g/mol. The Bertz CT molecular complexity index is 1360. The first-order chi connectivity index (χ1) is 25.2. The zero-order valence-corrected chi connectivity index (χ0v) is 35.4. The average Bonchev–Trinajstić information content (AvgIpc) is 3.37. The highest BCUT2D eigenvalue weighted by Gasteiger charge is 2.56. The van der Waals surface area contributed by atoms with E-state index in [1.807, 2.05) is 27.7 Å². The van der Waals surface area contributed by atoms with Crippen molar-refractivity contribution < 1.29 is 43.1 Å². The Labute approximate surface area is 323 Å². The van der Waals surface area contributed by atoms with E-state index in [-0.39, 0.29) is 30.0 Å². The molecule has 310 valence electrons. The van der Waals surface area contributed by atoms with Gasteiger partial charge in [0.15, 0.2) is 11.9 Å². The predicted octanol–water partition coefficient (Wildman–Crippen LogP) is 6.14. The molecule has 0 aromatic heterocycles. The van der Waals surface area contributed by atoms with Crippen LogP contribution in [0.3, 0.4) is 0 Å². The van der Waals surface area contributed by atoms with E-state index >= 15 is 0 Å². The summed E-state index contributed by atoms with van der Waals surface area (Å²) < 4.78 is 37.7. The van der Waals surface area contributed by atoms with Crippen LogP contribution in [0.2, 0.25) is 0 Å². The number of ether oxygens (including phenoxy) is 6. The minimum atomic E-state index is -1.15. The van der Waals surface area contributed by atoms with Crippen LogP contribution in [-0.2, 0) is 33.2 Å². The Morgan fingerprint density at radius 3 is 2.41 bits per heavy atom. The van der Waals surface area contributed by atoms with Gasteiger partial charge in [-0.2, -0.15) is 0 Å². The molecule has 1 amide bonds. The molecule has 0 bridgehead atoms. The van der Waals surface area contributed by atoms with Crippen molar-refractivity contribution >= 4 is 12.1 Å². The number of hydrogen-bond acceptors (Lipinski definition) is 12. The summed E-state index contributed by atoms with van der Waals surface area (Å²) in [6.07, 6.45) is 0.627. The van der Waals surface area contributed by atoms with Gasteiger partial charge in [-0.25, -0.2) is 9.59 Å². The third-order valence-corrected chi connectivity index (χ3v) is 11.7. The number of carbonyl (C=O) groups excluding carboxylic acids is 2. The fourth-order valence-electron chi connectivity index (χ4n) is 8.74. The van der Waals surface area contributed by atoms with Gasteiger partial charge in [0.2, 0.25) is 5.79 Å². The molecule has 2 saturated heterocycles. The third kappa shape index (κ3) is 10.6. The van der Waals surface area contributed by atoms with Gasteiger partial charge in [-0.1, -0.05) is 32.8 Å². The fraction of sp³-hybridized carbons (Fsp3) is 0.897. The van der Waals surface area contributed by atoms with Crippen LogP contribution in [0.4, 0.5) is 4.79 Å². The highest BCUT2D eigenvalue weighted by Crippen LogP contribution is 2.42. The molecule has 15 nitrogen and oxygen atoms in total. The largest absolute Gasteiger partial charge is 0.456 e. The minimum absolute atomic E-state index is 0.0252. The summed E-state index contributed by atoms with van der Waals surface area (Å²) in [5.41, 5.74) is 7.04. The van der Waals surface area contributed by atoms with E-state index in [2.05, 4.69) is 55.1 Å². The van der Waals surface area contributed by atoms with Crippen molar-refractivity contribution in [2.45, 2.75) is 168 Å². The molecule has 15 heteroatoms. The quantitative estimate of drug-likeness (QED) is 0.0478. The summed E-state index contributed by atoms with van der Waals surface area (Å²) in [6, 6.07) is -0.461. The number of unbranched alkanes of at least 4 members (excludes halogenated alkanes) is 1. The zero-order valence-electron chi connectivity index (χ0n) is 35.4. The second-order valence-corrected chi connectivity index (χ2v) is 17.0. The molecular formula is C39H70N6O9. The smallest absolute Gasteiger partial charge is 0.410 e. The van der Waals surface area contributed by atoms with E-state index in [1.54, 1.807) is 39.7 Å². The molecule has 3 aliphatic rings. The zero-order chi connectivity index (χ0) is 40.8. The molecule has 2 fully saturated rings. The summed E-state index contributed by atoms with van der Waals surface area (Å²) in [4.78, 5) is 33.0. The SMILES string of the molecule is CC[C@@H](O)[C@@]1(C)OC(=O)N(CCCCN=[N+]=[N-])[C@@H]1[C@@H](C)NC[C@H](C)C[C@@](C)(OC)[C@H](O[C@@H]1OC(C)CC(N(C)C)C1C)[C@@H](C)C1=C(C)C(=O)OC(C)(C)O1. The first-order valence-electron chi connectivity index (χ1n) is 19.7. The number of carbonyl (C=O) groups is 2. The summed E-state index contributed by atoms with van der Waals surface area (Å²) >= 11 is 0. The lowest BCUT2D eigenvalue weighted by Gasteiger charge is -2.48. The molecule has 54 heavy (non-hydrogen) atoms. The molecule has 2 N–H and O–H groups in total. The number of methoxy groups -OCH3 is 1. The Hall–Kier alpha value is -2.65. The van der Waals surface area contributed by atoms with Crippen molar-refractivity contribution in [3.63, 3.8) is 0 Å². The first-order valence-corrected chi connectivity index (χ1v) is 19.7. The van der Waals surface area contributed by atoms with Gasteiger partial charge < -0.3 is 43.7 Å². The number of aliphatic hydroxyl groups excluding tert-OH is 1. The molecule has 0 aromatic rings. The second-order valence-electron chi connectivity index (χ2n) is 17.0. The molecular weight excluding hydrogens is 696 g/mol. The lowest BCUT2D eigenvalue weighted by molar-refractivity contribution is -0.285. The molecule has 3 rings (SSSR count). The van der Waals surface area contributed by atoms with Crippen LogP contribution < -0.4 is 5.32 Å². The number of azide groups is 1. The van der Waals surface area contributed by atoms with Crippen molar-refractivity contribution in [3.05, 3.63) is 21.8 Å². The molecule has 0 saturated carbocycles. The maximum atomic E-state index is 13.2. The van der Waals surface area contributed by atoms with Crippen LogP contribution in [-0.4, -0.2) is 128 Å². The maximum Gasteiger partial charge on any atom is 0.410 e. The van der Waals surface area contributed by atoms with Crippen LogP contribution in [0.25, 0.3) is 10.4 Å². The van der Waals surface area contributed by atoms with Gasteiger partial charge in [-0.15, -0.1) is 0 Å². The summed E-state index contributed by atoms with van der Waals surface area (Å²) in [5, 5.41) is 18.4. The first kappa shape index (κ1) is 45.7.